The van der Waals surface area contributed by atoms with E-state index in [4.69, 9.17) is 4.74 Å². The van der Waals surface area contributed by atoms with E-state index < -0.39 is 0 Å². The Hall–Kier alpha value is -2.53. The van der Waals surface area contributed by atoms with Crippen LogP contribution in [0.2, 0.25) is 0 Å². The first-order valence-electron chi connectivity index (χ1n) is 7.43. The van der Waals surface area contributed by atoms with E-state index in [0.717, 1.165) is 47.3 Å². The number of hydrogen-bond donors (Lipinski definition) is 3. The van der Waals surface area contributed by atoms with Crippen molar-refractivity contribution in [2.45, 2.75) is 12.5 Å². The first-order chi connectivity index (χ1) is 10.8. The molecule has 4 rings (SSSR count). The Labute approximate surface area is 127 Å². The molecule has 3 aromatic rings. The van der Waals surface area contributed by atoms with E-state index in [1.165, 1.54) is 0 Å². The number of phenolic OH excluding ortho intramolecular Hbond substituents is 1. The minimum Gasteiger partial charge on any atom is -0.508 e. The Balaban J connectivity index is 1.77. The molecule has 0 saturated carbocycles. The zero-order valence-corrected chi connectivity index (χ0v) is 12.0. The number of aromatic nitrogens is 2. The standard InChI is InChI=1S/C17H17N3O2/c21-13-3-1-11(2-4-13)12-7-16-15(10-19-20-16)17(8-12)22-14-5-6-18-9-14/h1-4,7-8,10,14,18,21H,5-6,9H2,(H,19,20). The fourth-order valence-corrected chi connectivity index (χ4v) is 2.85. The van der Waals surface area contributed by atoms with Crippen molar-refractivity contribution in [3.63, 3.8) is 0 Å². The molecule has 1 aliphatic rings. The Morgan fingerprint density at radius 1 is 1.14 bits per heavy atom. The zero-order valence-electron chi connectivity index (χ0n) is 12.0. The first kappa shape index (κ1) is 13.2. The quantitative estimate of drug-likeness (QED) is 0.695. The van der Waals surface area contributed by atoms with E-state index in [0.29, 0.717) is 0 Å². The van der Waals surface area contributed by atoms with Gasteiger partial charge in [0.25, 0.3) is 0 Å². The van der Waals surface area contributed by atoms with Gasteiger partial charge in [-0.05, 0) is 48.4 Å². The third-order valence-electron chi connectivity index (χ3n) is 4.03. The number of hydrogen-bond acceptors (Lipinski definition) is 4. The average Bonchev–Trinajstić information content (AvgIpc) is 3.19. The largest absolute Gasteiger partial charge is 0.508 e. The van der Waals surface area contributed by atoms with E-state index in [1.54, 1.807) is 18.3 Å². The van der Waals surface area contributed by atoms with Crippen molar-refractivity contribution in [1.82, 2.24) is 15.5 Å². The lowest BCUT2D eigenvalue weighted by atomic mass is 10.0. The molecule has 0 bridgehead atoms. The lowest BCUT2D eigenvalue weighted by molar-refractivity contribution is 0.226. The maximum absolute atomic E-state index is 9.44. The molecule has 1 atom stereocenters. The summed E-state index contributed by atoms with van der Waals surface area (Å²) in [4.78, 5) is 0. The molecule has 0 radical (unpaired) electrons. The van der Waals surface area contributed by atoms with E-state index in [9.17, 15) is 5.11 Å². The molecule has 1 aromatic heterocycles. The fourth-order valence-electron chi connectivity index (χ4n) is 2.85. The van der Waals surface area contributed by atoms with Crippen molar-refractivity contribution in [1.29, 1.82) is 0 Å². The Morgan fingerprint density at radius 3 is 2.77 bits per heavy atom. The van der Waals surface area contributed by atoms with Crippen molar-refractivity contribution < 1.29 is 9.84 Å². The second kappa shape index (κ2) is 5.35. The summed E-state index contributed by atoms with van der Waals surface area (Å²) in [7, 11) is 0. The maximum Gasteiger partial charge on any atom is 0.131 e. The maximum atomic E-state index is 9.44. The molecule has 22 heavy (non-hydrogen) atoms. The van der Waals surface area contributed by atoms with Crippen molar-refractivity contribution in [2.75, 3.05) is 13.1 Å². The van der Waals surface area contributed by atoms with Gasteiger partial charge in [-0.15, -0.1) is 0 Å². The predicted molar refractivity (Wildman–Crippen MR) is 85.1 cm³/mol. The number of H-pyrrole nitrogens is 1. The SMILES string of the molecule is Oc1ccc(-c2cc(OC3CCNC3)c3cn[nH]c3c2)cc1. The molecule has 2 aromatic carbocycles. The topological polar surface area (TPSA) is 70.2 Å². The molecule has 1 aliphatic heterocycles. The van der Waals surface area contributed by atoms with Crippen LogP contribution in [0.3, 0.4) is 0 Å². The van der Waals surface area contributed by atoms with Crippen molar-refractivity contribution in [3.8, 4) is 22.6 Å². The van der Waals surface area contributed by atoms with Crippen molar-refractivity contribution >= 4 is 10.9 Å². The number of aromatic amines is 1. The van der Waals surface area contributed by atoms with Crippen LogP contribution in [0, 0.1) is 0 Å². The van der Waals surface area contributed by atoms with E-state index in [1.807, 2.05) is 18.2 Å². The first-order valence-corrected chi connectivity index (χ1v) is 7.43. The third-order valence-corrected chi connectivity index (χ3v) is 4.03. The highest BCUT2D eigenvalue weighted by atomic mass is 16.5. The number of fused-ring (bicyclic) bond motifs is 1. The van der Waals surface area contributed by atoms with Gasteiger partial charge in [0.2, 0.25) is 0 Å². The van der Waals surface area contributed by atoms with Crippen LogP contribution in [0.4, 0.5) is 0 Å². The highest BCUT2D eigenvalue weighted by molar-refractivity contribution is 5.89. The molecule has 0 amide bonds. The van der Waals surface area contributed by atoms with E-state index >= 15 is 0 Å². The Kier molecular flexibility index (Phi) is 3.20. The van der Waals surface area contributed by atoms with Crippen LogP contribution in [0.15, 0.2) is 42.6 Å². The van der Waals surface area contributed by atoms with Crippen LogP contribution in [0.1, 0.15) is 6.42 Å². The summed E-state index contributed by atoms with van der Waals surface area (Å²) in [5.41, 5.74) is 3.02. The number of benzene rings is 2. The molecule has 112 valence electrons. The minimum absolute atomic E-state index is 0.202. The van der Waals surface area contributed by atoms with Gasteiger partial charge in [-0.25, -0.2) is 0 Å². The van der Waals surface area contributed by atoms with E-state index in [2.05, 4.69) is 21.6 Å². The molecule has 3 N–H and O–H groups in total. The van der Waals surface area contributed by atoms with Gasteiger partial charge in [-0.2, -0.15) is 5.10 Å². The van der Waals surface area contributed by atoms with Crippen molar-refractivity contribution in [2.24, 2.45) is 0 Å². The van der Waals surface area contributed by atoms with Crippen LogP contribution >= 0.6 is 0 Å². The van der Waals surface area contributed by atoms with Gasteiger partial charge in [0.1, 0.15) is 17.6 Å². The molecule has 0 spiro atoms. The molecule has 1 saturated heterocycles. The summed E-state index contributed by atoms with van der Waals surface area (Å²) < 4.78 is 6.16. The lowest BCUT2D eigenvalue weighted by Gasteiger charge is -2.14. The summed E-state index contributed by atoms with van der Waals surface area (Å²) in [5.74, 6) is 1.11. The summed E-state index contributed by atoms with van der Waals surface area (Å²) in [6.45, 7) is 1.87. The Bertz CT molecular complexity index is 789. The third kappa shape index (κ3) is 2.40. The van der Waals surface area contributed by atoms with E-state index in [-0.39, 0.29) is 11.9 Å². The lowest BCUT2D eigenvalue weighted by Crippen LogP contribution is -2.19. The normalized spacial score (nSPS) is 17.9. The molecule has 1 unspecified atom stereocenters. The number of aromatic hydroxyl groups is 1. The summed E-state index contributed by atoms with van der Waals surface area (Å²) in [5, 5.41) is 20.9. The second-order valence-corrected chi connectivity index (χ2v) is 5.59. The predicted octanol–water partition coefficient (Wildman–Crippen LogP) is 2.68. The summed E-state index contributed by atoms with van der Waals surface area (Å²) >= 11 is 0. The molecule has 2 heterocycles. The minimum atomic E-state index is 0.202. The molecule has 0 aliphatic carbocycles. The van der Waals surface area contributed by atoms with Gasteiger partial charge in [0.15, 0.2) is 0 Å². The molecular formula is C17H17N3O2. The number of rotatable bonds is 3. The van der Waals surface area contributed by atoms with Gasteiger partial charge in [0.05, 0.1) is 17.1 Å². The highest BCUT2D eigenvalue weighted by Crippen LogP contribution is 2.33. The van der Waals surface area contributed by atoms with Crippen LogP contribution in [-0.2, 0) is 0 Å². The molecule has 5 nitrogen and oxygen atoms in total. The number of phenols is 1. The van der Waals surface area contributed by atoms with Crippen LogP contribution in [0.25, 0.3) is 22.0 Å². The van der Waals surface area contributed by atoms with Crippen molar-refractivity contribution in [3.05, 3.63) is 42.6 Å². The van der Waals surface area contributed by atoms with Gasteiger partial charge in [-0.3, -0.25) is 5.10 Å². The van der Waals surface area contributed by atoms with Gasteiger partial charge in [0, 0.05) is 6.54 Å². The number of nitrogens with zero attached hydrogens (tertiary/aromatic N) is 1. The van der Waals surface area contributed by atoms with Crippen LogP contribution in [0.5, 0.6) is 11.5 Å². The average molecular weight is 295 g/mol. The zero-order chi connectivity index (χ0) is 14.9. The van der Waals surface area contributed by atoms with Gasteiger partial charge >= 0.3 is 0 Å². The highest BCUT2D eigenvalue weighted by Gasteiger charge is 2.18. The summed E-state index contributed by atoms with van der Waals surface area (Å²) in [6, 6.07) is 11.3. The monoisotopic (exact) mass is 295 g/mol. The number of nitrogens with one attached hydrogen (secondary N) is 2. The summed E-state index contributed by atoms with van der Waals surface area (Å²) in [6.07, 6.45) is 3.02. The molecular weight excluding hydrogens is 278 g/mol. The fraction of sp³-hybridized carbons (Fsp3) is 0.235. The second-order valence-electron chi connectivity index (χ2n) is 5.59. The Morgan fingerprint density at radius 2 is 2.00 bits per heavy atom. The van der Waals surface area contributed by atoms with Gasteiger partial charge < -0.3 is 15.2 Å². The van der Waals surface area contributed by atoms with Crippen LogP contribution in [-0.4, -0.2) is 34.5 Å². The smallest absolute Gasteiger partial charge is 0.131 e. The molecule has 5 heteroatoms. The van der Waals surface area contributed by atoms with Crippen LogP contribution < -0.4 is 10.1 Å². The number of ether oxygens (including phenoxy) is 1. The van der Waals surface area contributed by atoms with Gasteiger partial charge in [-0.1, -0.05) is 12.1 Å². The molecule has 1 fully saturated rings.